The van der Waals surface area contributed by atoms with Crippen molar-refractivity contribution >= 4 is 29.0 Å². The van der Waals surface area contributed by atoms with Gasteiger partial charge in [0, 0.05) is 75.2 Å². The molecule has 7 nitrogen and oxygen atoms in total. The molecule has 0 aliphatic carbocycles. The zero-order valence-corrected chi connectivity index (χ0v) is 19.1. The average Bonchev–Trinajstić information content (AvgIpc) is 3.32. The number of rotatable bonds is 2. The van der Waals surface area contributed by atoms with Crippen molar-refractivity contribution in [3.63, 3.8) is 0 Å². The van der Waals surface area contributed by atoms with E-state index in [0.29, 0.717) is 18.1 Å². The van der Waals surface area contributed by atoms with Gasteiger partial charge in [-0.05, 0) is 42.5 Å². The van der Waals surface area contributed by atoms with Gasteiger partial charge in [-0.15, -0.1) is 5.69 Å². The summed E-state index contributed by atoms with van der Waals surface area (Å²) in [7, 11) is 1.90. The number of carbonyl (C=O) groups excluding carboxylic acids is 1. The van der Waals surface area contributed by atoms with E-state index in [1.54, 1.807) is 11.6 Å². The first-order valence-electron chi connectivity index (χ1n) is 9.87. The summed E-state index contributed by atoms with van der Waals surface area (Å²) in [5, 5.41) is 13.9. The first-order chi connectivity index (χ1) is 14.0. The topological polar surface area (TPSA) is 68.4 Å². The Bertz CT molecular complexity index is 1110. The van der Waals surface area contributed by atoms with Gasteiger partial charge < -0.3 is 20.0 Å². The molecule has 5 rings (SSSR count). The molecule has 0 N–H and O–H groups in total. The summed E-state index contributed by atoms with van der Waals surface area (Å²) < 4.78 is 1.78. The molecule has 155 valence electrons. The van der Waals surface area contributed by atoms with Crippen LogP contribution in [0.25, 0.3) is 11.1 Å². The van der Waals surface area contributed by atoms with Crippen LogP contribution < -0.4 is 10.00 Å². The van der Waals surface area contributed by atoms with Gasteiger partial charge in [-0.3, -0.25) is 9.48 Å². The van der Waals surface area contributed by atoms with Gasteiger partial charge >= 0.3 is 0 Å². The predicted octanol–water partition coefficient (Wildman–Crippen LogP) is 3.08. The van der Waals surface area contributed by atoms with Crippen LogP contribution in [0.1, 0.15) is 30.2 Å². The van der Waals surface area contributed by atoms with E-state index >= 15 is 0 Å². The second-order valence-electron chi connectivity index (χ2n) is 7.76. The van der Waals surface area contributed by atoms with Crippen LogP contribution in [0, 0.1) is 0 Å². The third kappa shape index (κ3) is 3.55. The number of hydrogen-bond acceptors (Lipinski definition) is 4. The number of hydrogen-bond donors (Lipinski definition) is 0. The molecule has 0 unspecified atom stereocenters. The van der Waals surface area contributed by atoms with E-state index in [9.17, 15) is 4.79 Å². The zero-order chi connectivity index (χ0) is 20.1. The van der Waals surface area contributed by atoms with Crippen molar-refractivity contribution < 1.29 is 23.4 Å². The Morgan fingerprint density at radius 2 is 2.07 bits per heavy atom. The van der Waals surface area contributed by atoms with E-state index in [4.69, 9.17) is 11.6 Å². The van der Waals surface area contributed by atoms with E-state index < -0.39 is 0 Å². The standard InChI is InChI=1S/C21H22ClN6O.V/c1-13(29)27-7-5-19-17(12-27)21(25-24-19)28-6-3-4-14-8-16(18(22)9-20(14)28)15-10-23-26(2)11-15;/h8-11H,3-7,12H2,1-2H3;/q-1;. The Morgan fingerprint density at radius 3 is 2.80 bits per heavy atom. The number of aryl methyl sites for hydroxylation is 2. The molecule has 0 spiro atoms. The number of aromatic nitrogens is 4. The molecule has 9 heteroatoms. The Hall–Kier alpha value is -2.22. The van der Waals surface area contributed by atoms with Gasteiger partial charge in [0.2, 0.25) is 5.91 Å². The van der Waals surface area contributed by atoms with Gasteiger partial charge in [-0.2, -0.15) is 5.10 Å². The Morgan fingerprint density at radius 1 is 1.23 bits per heavy atom. The number of nitrogens with zero attached hydrogens (tertiary/aromatic N) is 6. The van der Waals surface area contributed by atoms with Crippen LogP contribution in [0.4, 0.5) is 11.5 Å². The molecule has 2 aliphatic rings. The van der Waals surface area contributed by atoms with Crippen LogP contribution in [-0.2, 0) is 49.8 Å². The summed E-state index contributed by atoms with van der Waals surface area (Å²) in [6, 6.07) is 4.20. The Balaban J connectivity index is 0.00000218. The number of halogens is 1. The molecule has 1 amide bonds. The molecule has 0 saturated heterocycles. The number of anilines is 2. The fraction of sp³-hybridized carbons (Fsp3) is 0.381. The molecular weight excluding hydrogens is 439 g/mol. The molecule has 0 saturated carbocycles. The maximum Gasteiger partial charge on any atom is 0.219 e. The van der Waals surface area contributed by atoms with E-state index in [0.717, 1.165) is 59.7 Å². The molecule has 4 heterocycles. The monoisotopic (exact) mass is 460 g/mol. The fourth-order valence-electron chi connectivity index (χ4n) is 4.33. The van der Waals surface area contributed by atoms with E-state index in [2.05, 4.69) is 26.3 Å². The van der Waals surface area contributed by atoms with Crippen molar-refractivity contribution in [3.8, 4) is 11.1 Å². The molecule has 30 heavy (non-hydrogen) atoms. The molecule has 0 fully saturated rings. The quantitative estimate of drug-likeness (QED) is 0.588. The summed E-state index contributed by atoms with van der Waals surface area (Å²) >= 11 is 6.69. The minimum Gasteiger partial charge on any atom is -0.577 e. The summed E-state index contributed by atoms with van der Waals surface area (Å²) in [5.41, 5.74) is 6.40. The maximum atomic E-state index is 11.9. The largest absolute Gasteiger partial charge is 0.577 e. The summed E-state index contributed by atoms with van der Waals surface area (Å²) in [6.07, 6.45) is 6.59. The third-order valence-corrected chi connectivity index (χ3v) is 6.17. The first kappa shape index (κ1) is 21.0. The summed E-state index contributed by atoms with van der Waals surface area (Å²) in [4.78, 5) is 16.0. The minimum atomic E-state index is 0. The normalized spacial score (nSPS) is 15.4. The van der Waals surface area contributed by atoms with Gasteiger partial charge in [0.05, 0.1) is 11.2 Å². The Kier molecular flexibility index (Phi) is 5.70. The summed E-state index contributed by atoms with van der Waals surface area (Å²) in [6.45, 7) is 3.75. The molecule has 1 radical (unpaired) electrons. The van der Waals surface area contributed by atoms with Crippen molar-refractivity contribution in [1.29, 1.82) is 0 Å². The van der Waals surface area contributed by atoms with Gasteiger partial charge in [0.1, 0.15) is 5.82 Å². The van der Waals surface area contributed by atoms with Crippen LogP contribution in [-0.4, -0.2) is 38.8 Å². The van der Waals surface area contributed by atoms with Crippen LogP contribution in [0.3, 0.4) is 0 Å². The molecule has 3 aromatic rings. The van der Waals surface area contributed by atoms with Crippen molar-refractivity contribution in [2.75, 3.05) is 18.0 Å². The minimum absolute atomic E-state index is 0. The number of fused-ring (bicyclic) bond motifs is 2. The van der Waals surface area contributed by atoms with E-state index in [-0.39, 0.29) is 24.5 Å². The summed E-state index contributed by atoms with van der Waals surface area (Å²) in [5.74, 6) is 0.947. The molecule has 2 aromatic heterocycles. The smallest absolute Gasteiger partial charge is 0.219 e. The van der Waals surface area contributed by atoms with Crippen molar-refractivity contribution in [2.24, 2.45) is 7.05 Å². The first-order valence-corrected chi connectivity index (χ1v) is 10.2. The third-order valence-electron chi connectivity index (χ3n) is 5.86. The van der Waals surface area contributed by atoms with Crippen LogP contribution in [0.2, 0.25) is 5.02 Å². The molecular formula is C21H22ClN6OV-. The van der Waals surface area contributed by atoms with Crippen LogP contribution in [0.5, 0.6) is 0 Å². The van der Waals surface area contributed by atoms with Crippen LogP contribution in [0.15, 0.2) is 24.5 Å². The van der Waals surface area contributed by atoms with Gasteiger partial charge in [-0.1, -0.05) is 11.6 Å². The second-order valence-corrected chi connectivity index (χ2v) is 8.17. The molecule has 2 aliphatic heterocycles. The maximum absolute atomic E-state index is 11.9. The second kappa shape index (κ2) is 8.14. The zero-order valence-electron chi connectivity index (χ0n) is 17.0. The van der Waals surface area contributed by atoms with E-state index in [1.807, 2.05) is 30.4 Å². The van der Waals surface area contributed by atoms with Crippen molar-refractivity contribution in [3.05, 3.63) is 46.4 Å². The van der Waals surface area contributed by atoms with Gasteiger partial charge in [0.15, 0.2) is 0 Å². The predicted molar refractivity (Wildman–Crippen MR) is 111 cm³/mol. The van der Waals surface area contributed by atoms with Gasteiger partial charge in [-0.25, -0.2) is 0 Å². The van der Waals surface area contributed by atoms with E-state index in [1.165, 1.54) is 5.56 Å². The number of benzene rings is 1. The van der Waals surface area contributed by atoms with Crippen molar-refractivity contribution in [1.82, 2.24) is 24.9 Å². The van der Waals surface area contributed by atoms with Crippen LogP contribution >= 0.6 is 11.6 Å². The Labute approximate surface area is 192 Å². The van der Waals surface area contributed by atoms with Gasteiger partial charge in [0.25, 0.3) is 0 Å². The average molecular weight is 461 g/mol. The molecule has 0 bridgehead atoms. The number of carbonyl (C=O) groups is 1. The SMILES string of the molecule is CC(=O)N1CCc2[n-]nc(N3CCCc4cc(-c5cnn(C)c5)c(Cl)cc43)c2C1.[V]. The van der Waals surface area contributed by atoms with Crippen molar-refractivity contribution in [2.45, 2.75) is 32.7 Å². The molecule has 1 aromatic carbocycles. The fourth-order valence-corrected chi connectivity index (χ4v) is 4.59. The number of amides is 1. The molecule has 0 atom stereocenters.